The fourth-order valence-corrected chi connectivity index (χ4v) is 3.46. The van der Waals surface area contributed by atoms with Gasteiger partial charge in [-0.05, 0) is 36.6 Å². The Balaban J connectivity index is 1.46. The fourth-order valence-electron chi connectivity index (χ4n) is 3.46. The van der Waals surface area contributed by atoms with E-state index in [0.717, 1.165) is 28.8 Å². The van der Waals surface area contributed by atoms with Crippen LogP contribution in [0.25, 0.3) is 10.9 Å². The SMILES string of the molecule is O=c1[nH]c2cc3c(cc2cc1CN(Cc1cccnc1)C1CC1)OCO3. The van der Waals surface area contributed by atoms with Crippen LogP contribution in [-0.4, -0.2) is 27.7 Å². The van der Waals surface area contributed by atoms with Crippen molar-refractivity contribution in [2.75, 3.05) is 6.79 Å². The molecule has 1 saturated carbocycles. The molecule has 6 nitrogen and oxygen atoms in total. The highest BCUT2D eigenvalue weighted by atomic mass is 16.7. The second-order valence-corrected chi connectivity index (χ2v) is 6.91. The van der Waals surface area contributed by atoms with E-state index < -0.39 is 0 Å². The van der Waals surface area contributed by atoms with Gasteiger partial charge < -0.3 is 14.5 Å². The van der Waals surface area contributed by atoms with Gasteiger partial charge in [0.25, 0.3) is 5.56 Å². The summed E-state index contributed by atoms with van der Waals surface area (Å²) in [5.74, 6) is 1.40. The first-order chi connectivity index (χ1) is 12.8. The number of pyridine rings is 2. The van der Waals surface area contributed by atoms with Crippen molar-refractivity contribution in [3.8, 4) is 11.5 Å². The molecule has 26 heavy (non-hydrogen) atoms. The number of benzene rings is 1. The van der Waals surface area contributed by atoms with Gasteiger partial charge in [-0.15, -0.1) is 0 Å². The highest BCUT2D eigenvalue weighted by Gasteiger charge is 2.29. The van der Waals surface area contributed by atoms with Crippen LogP contribution in [0.3, 0.4) is 0 Å². The average molecular weight is 349 g/mol. The number of aromatic amines is 1. The summed E-state index contributed by atoms with van der Waals surface area (Å²) in [6, 6.07) is 10.3. The van der Waals surface area contributed by atoms with Gasteiger partial charge in [-0.3, -0.25) is 14.7 Å². The van der Waals surface area contributed by atoms with Crippen LogP contribution < -0.4 is 15.0 Å². The van der Waals surface area contributed by atoms with Crippen molar-refractivity contribution in [1.82, 2.24) is 14.9 Å². The van der Waals surface area contributed by atoms with E-state index in [1.165, 1.54) is 18.4 Å². The van der Waals surface area contributed by atoms with Crippen LogP contribution in [-0.2, 0) is 13.1 Å². The first kappa shape index (κ1) is 15.4. The Kier molecular flexibility index (Phi) is 3.64. The van der Waals surface area contributed by atoms with Gasteiger partial charge in [0.15, 0.2) is 11.5 Å². The number of aromatic nitrogens is 2. The standard InChI is InChI=1S/C20H19N3O3/c24-20-15(6-14-7-18-19(26-12-25-18)8-17(14)22-20)11-23(16-3-4-16)10-13-2-1-5-21-9-13/h1-2,5-9,16H,3-4,10-12H2,(H,22,24). The monoisotopic (exact) mass is 349 g/mol. The number of rotatable bonds is 5. The zero-order valence-corrected chi connectivity index (χ0v) is 14.3. The third-order valence-electron chi connectivity index (χ3n) is 4.96. The van der Waals surface area contributed by atoms with Gasteiger partial charge in [0.2, 0.25) is 6.79 Å². The van der Waals surface area contributed by atoms with Crippen LogP contribution in [0.5, 0.6) is 11.5 Å². The van der Waals surface area contributed by atoms with Crippen LogP contribution >= 0.6 is 0 Å². The van der Waals surface area contributed by atoms with E-state index >= 15 is 0 Å². The maximum Gasteiger partial charge on any atom is 0.252 e. The Labute approximate surface area is 150 Å². The molecule has 2 aliphatic rings. The Bertz CT molecular complexity index is 1010. The molecule has 1 aliphatic carbocycles. The van der Waals surface area contributed by atoms with Crippen molar-refractivity contribution in [1.29, 1.82) is 0 Å². The molecule has 2 aromatic heterocycles. The smallest absolute Gasteiger partial charge is 0.252 e. The first-order valence-electron chi connectivity index (χ1n) is 8.85. The second-order valence-electron chi connectivity index (χ2n) is 6.91. The lowest BCUT2D eigenvalue weighted by Gasteiger charge is -2.21. The fraction of sp³-hybridized carbons (Fsp3) is 0.300. The molecule has 5 rings (SSSR count). The molecule has 1 aromatic carbocycles. The third-order valence-corrected chi connectivity index (χ3v) is 4.96. The first-order valence-corrected chi connectivity index (χ1v) is 8.85. The maximum atomic E-state index is 12.6. The number of nitrogens with zero attached hydrogens (tertiary/aromatic N) is 2. The highest BCUT2D eigenvalue weighted by molar-refractivity contribution is 5.83. The Morgan fingerprint density at radius 3 is 2.77 bits per heavy atom. The number of ether oxygens (including phenoxy) is 2. The molecule has 132 valence electrons. The Morgan fingerprint density at radius 2 is 2.00 bits per heavy atom. The van der Waals surface area contributed by atoms with Gasteiger partial charge in [0.1, 0.15) is 0 Å². The zero-order chi connectivity index (χ0) is 17.5. The number of hydrogen-bond acceptors (Lipinski definition) is 5. The quantitative estimate of drug-likeness (QED) is 0.767. The van der Waals surface area contributed by atoms with Crippen LogP contribution in [0.15, 0.2) is 47.5 Å². The lowest BCUT2D eigenvalue weighted by Crippen LogP contribution is -2.28. The van der Waals surface area contributed by atoms with Gasteiger partial charge in [-0.25, -0.2) is 0 Å². The van der Waals surface area contributed by atoms with Gasteiger partial charge in [-0.1, -0.05) is 6.07 Å². The van der Waals surface area contributed by atoms with Crippen LogP contribution in [0.2, 0.25) is 0 Å². The van der Waals surface area contributed by atoms with Gasteiger partial charge in [0, 0.05) is 48.5 Å². The summed E-state index contributed by atoms with van der Waals surface area (Å²) in [6.07, 6.45) is 6.04. The highest BCUT2D eigenvalue weighted by Crippen LogP contribution is 2.35. The number of fused-ring (bicyclic) bond motifs is 2. The van der Waals surface area contributed by atoms with Crippen molar-refractivity contribution in [3.63, 3.8) is 0 Å². The van der Waals surface area contributed by atoms with E-state index in [-0.39, 0.29) is 12.4 Å². The molecule has 0 saturated heterocycles. The minimum absolute atomic E-state index is 0.0480. The number of H-pyrrole nitrogens is 1. The van der Waals surface area contributed by atoms with E-state index in [0.29, 0.717) is 18.3 Å². The van der Waals surface area contributed by atoms with E-state index in [2.05, 4.69) is 20.9 Å². The van der Waals surface area contributed by atoms with E-state index in [1.807, 2.05) is 30.5 Å². The molecule has 1 aliphatic heterocycles. The summed E-state index contributed by atoms with van der Waals surface area (Å²) < 4.78 is 10.8. The average Bonchev–Trinajstić information content (AvgIpc) is 3.40. The van der Waals surface area contributed by atoms with Crippen molar-refractivity contribution in [3.05, 3.63) is 64.2 Å². The molecule has 0 radical (unpaired) electrons. The minimum atomic E-state index is -0.0480. The van der Waals surface area contributed by atoms with Gasteiger partial charge in [-0.2, -0.15) is 0 Å². The lowest BCUT2D eigenvalue weighted by molar-refractivity contribution is 0.174. The summed E-state index contributed by atoms with van der Waals surface area (Å²) in [6.45, 7) is 1.65. The summed E-state index contributed by atoms with van der Waals surface area (Å²) in [7, 11) is 0. The molecule has 0 bridgehead atoms. The molecular weight excluding hydrogens is 330 g/mol. The van der Waals surface area contributed by atoms with E-state index in [9.17, 15) is 4.79 Å². The Morgan fingerprint density at radius 1 is 1.15 bits per heavy atom. The summed E-state index contributed by atoms with van der Waals surface area (Å²) in [4.78, 5) is 22.1. The predicted molar refractivity (Wildman–Crippen MR) is 97.2 cm³/mol. The van der Waals surface area contributed by atoms with Crippen molar-refractivity contribution >= 4 is 10.9 Å². The Hall–Kier alpha value is -2.86. The predicted octanol–water partition coefficient (Wildman–Crippen LogP) is 2.82. The van der Waals surface area contributed by atoms with Gasteiger partial charge in [0.05, 0.1) is 5.52 Å². The van der Waals surface area contributed by atoms with Crippen molar-refractivity contribution in [2.45, 2.75) is 32.0 Å². The summed E-state index contributed by atoms with van der Waals surface area (Å²) in [5.41, 5.74) is 2.66. The van der Waals surface area contributed by atoms with E-state index in [4.69, 9.17) is 9.47 Å². The summed E-state index contributed by atoms with van der Waals surface area (Å²) >= 11 is 0. The van der Waals surface area contributed by atoms with Crippen LogP contribution in [0.4, 0.5) is 0 Å². The van der Waals surface area contributed by atoms with Gasteiger partial charge >= 0.3 is 0 Å². The van der Waals surface area contributed by atoms with E-state index in [1.54, 1.807) is 6.20 Å². The molecule has 3 aromatic rings. The van der Waals surface area contributed by atoms with Crippen molar-refractivity contribution in [2.24, 2.45) is 0 Å². The molecule has 0 spiro atoms. The second kappa shape index (κ2) is 6.14. The summed E-state index contributed by atoms with van der Waals surface area (Å²) in [5, 5.41) is 0.959. The zero-order valence-electron chi connectivity index (χ0n) is 14.3. The molecule has 1 fully saturated rings. The molecule has 0 amide bonds. The van der Waals surface area contributed by atoms with Crippen molar-refractivity contribution < 1.29 is 9.47 Å². The molecule has 1 N–H and O–H groups in total. The molecule has 3 heterocycles. The van der Waals surface area contributed by atoms with Crippen LogP contribution in [0.1, 0.15) is 24.0 Å². The lowest BCUT2D eigenvalue weighted by atomic mass is 10.1. The molecule has 0 unspecified atom stereocenters. The molecule has 0 atom stereocenters. The number of nitrogens with one attached hydrogen (secondary N) is 1. The van der Waals surface area contributed by atoms with Crippen LogP contribution in [0, 0.1) is 0 Å². The topological polar surface area (TPSA) is 67.5 Å². The molecular formula is C20H19N3O3. The largest absolute Gasteiger partial charge is 0.454 e. The minimum Gasteiger partial charge on any atom is -0.454 e. The normalized spacial score (nSPS) is 15.7. The number of hydrogen-bond donors (Lipinski definition) is 1. The maximum absolute atomic E-state index is 12.6. The molecule has 6 heteroatoms. The third kappa shape index (κ3) is 2.93.